The molecular weight excluding hydrogens is 272 g/mol. The largest absolute Gasteiger partial charge is 0.396 e. The summed E-state index contributed by atoms with van der Waals surface area (Å²) in [6, 6.07) is 0.104. The molecule has 0 saturated heterocycles. The molecule has 0 spiro atoms. The maximum atomic E-state index is 9.22. The first-order valence-corrected chi connectivity index (χ1v) is 6.87. The summed E-state index contributed by atoms with van der Waals surface area (Å²) in [5, 5.41) is 21.1. The number of hydrogen-bond donors (Lipinski definition) is 4. The van der Waals surface area contributed by atoms with Crippen LogP contribution in [-0.4, -0.2) is 49.5 Å². The third-order valence-corrected chi connectivity index (χ3v) is 3.58. The fourth-order valence-corrected chi connectivity index (χ4v) is 2.57. The van der Waals surface area contributed by atoms with Gasteiger partial charge < -0.3 is 25.8 Å². The van der Waals surface area contributed by atoms with Crippen molar-refractivity contribution in [3.8, 4) is 0 Å². The number of rotatable bonds is 5. The Morgan fingerprint density at radius 3 is 2.90 bits per heavy atom. The summed E-state index contributed by atoms with van der Waals surface area (Å²) >= 11 is 0. The minimum absolute atomic E-state index is 0.00431. The highest BCUT2D eigenvalue weighted by atomic mass is 16.3. The van der Waals surface area contributed by atoms with Crippen LogP contribution in [-0.2, 0) is 0 Å². The number of fused-ring (bicyclic) bond motifs is 1. The van der Waals surface area contributed by atoms with Crippen LogP contribution in [0.15, 0.2) is 18.5 Å². The summed E-state index contributed by atoms with van der Waals surface area (Å²) in [6.45, 7) is 0.504. The van der Waals surface area contributed by atoms with E-state index in [1.165, 1.54) is 0 Å². The third-order valence-electron chi connectivity index (χ3n) is 3.58. The normalized spacial score (nSPS) is 21.2. The van der Waals surface area contributed by atoms with Crippen LogP contribution in [0, 0.1) is 5.92 Å². The number of nitrogens with two attached hydrogens (primary N) is 1. The Kier molecular flexibility index (Phi) is 3.72. The monoisotopic (exact) mass is 290 g/mol. The minimum Gasteiger partial charge on any atom is -0.396 e. The van der Waals surface area contributed by atoms with Gasteiger partial charge in [-0.05, 0) is 6.42 Å². The summed E-state index contributed by atoms with van der Waals surface area (Å²) in [7, 11) is 0. The number of nitrogens with zero attached hydrogens (tertiary/aromatic N) is 4. The molecule has 1 aliphatic rings. The molecule has 2 aromatic heterocycles. The molecule has 5 N–H and O–H groups in total. The number of anilines is 2. The molecule has 0 fully saturated rings. The molecule has 21 heavy (non-hydrogen) atoms. The quantitative estimate of drug-likeness (QED) is 0.568. The van der Waals surface area contributed by atoms with E-state index in [-0.39, 0.29) is 31.1 Å². The number of nitrogen functional groups attached to an aromatic ring is 1. The molecule has 112 valence electrons. The van der Waals surface area contributed by atoms with Crippen molar-refractivity contribution in [2.45, 2.75) is 12.5 Å². The Morgan fingerprint density at radius 1 is 1.33 bits per heavy atom. The zero-order valence-electron chi connectivity index (χ0n) is 11.5. The van der Waals surface area contributed by atoms with Crippen molar-refractivity contribution in [1.29, 1.82) is 0 Å². The van der Waals surface area contributed by atoms with Gasteiger partial charge in [0.2, 0.25) is 5.95 Å². The van der Waals surface area contributed by atoms with Crippen LogP contribution in [0.1, 0.15) is 12.5 Å². The standard InChI is InChI=1S/C13H18N6O2/c14-13-17-11(15-3-4-20)10-12(18-13)19(7-16-10)9-2-1-8(5-9)6-21/h1-2,7-9,20-21H,3-6H2,(H3,14,15,17,18)/t8-,9+/m1/s1. The smallest absolute Gasteiger partial charge is 0.224 e. The van der Waals surface area contributed by atoms with Crippen LogP contribution >= 0.6 is 0 Å². The van der Waals surface area contributed by atoms with Crippen LogP contribution < -0.4 is 11.1 Å². The molecule has 8 nitrogen and oxygen atoms in total. The van der Waals surface area contributed by atoms with E-state index < -0.39 is 0 Å². The van der Waals surface area contributed by atoms with Gasteiger partial charge in [0.25, 0.3) is 0 Å². The summed E-state index contributed by atoms with van der Waals surface area (Å²) in [5.74, 6) is 0.843. The van der Waals surface area contributed by atoms with Gasteiger partial charge in [-0.1, -0.05) is 12.2 Å². The van der Waals surface area contributed by atoms with Crippen LogP contribution in [0.2, 0.25) is 0 Å². The van der Waals surface area contributed by atoms with E-state index in [1.807, 2.05) is 16.7 Å². The average molecular weight is 290 g/mol. The molecule has 2 atom stereocenters. The first kappa shape index (κ1) is 13.8. The number of imidazole rings is 1. The third kappa shape index (κ3) is 2.55. The molecule has 2 aromatic rings. The van der Waals surface area contributed by atoms with Crippen LogP contribution in [0.3, 0.4) is 0 Å². The van der Waals surface area contributed by atoms with Gasteiger partial charge in [-0.15, -0.1) is 0 Å². The maximum Gasteiger partial charge on any atom is 0.224 e. The Morgan fingerprint density at radius 2 is 2.19 bits per heavy atom. The Hall–Kier alpha value is -2.19. The molecule has 0 radical (unpaired) electrons. The molecule has 0 aromatic carbocycles. The van der Waals surface area contributed by atoms with E-state index in [0.717, 1.165) is 6.42 Å². The van der Waals surface area contributed by atoms with E-state index >= 15 is 0 Å². The fourth-order valence-electron chi connectivity index (χ4n) is 2.57. The number of aliphatic hydroxyl groups excluding tert-OH is 2. The average Bonchev–Trinajstić information content (AvgIpc) is 3.10. The maximum absolute atomic E-state index is 9.22. The number of aliphatic hydroxyl groups is 2. The molecule has 0 amide bonds. The number of nitrogens with one attached hydrogen (secondary N) is 1. The second-order valence-corrected chi connectivity index (χ2v) is 5.04. The molecular formula is C13H18N6O2. The summed E-state index contributed by atoms with van der Waals surface area (Å²) in [4.78, 5) is 12.7. The highest BCUT2D eigenvalue weighted by Gasteiger charge is 2.22. The lowest BCUT2D eigenvalue weighted by Gasteiger charge is -2.13. The first-order valence-electron chi connectivity index (χ1n) is 6.87. The second kappa shape index (κ2) is 5.66. The van der Waals surface area contributed by atoms with Gasteiger partial charge in [-0.25, -0.2) is 4.98 Å². The van der Waals surface area contributed by atoms with Crippen LogP contribution in [0.25, 0.3) is 11.2 Å². The number of aromatic nitrogens is 4. The fraction of sp³-hybridized carbons (Fsp3) is 0.462. The zero-order chi connectivity index (χ0) is 14.8. The lowest BCUT2D eigenvalue weighted by molar-refractivity contribution is 0.244. The van der Waals surface area contributed by atoms with Gasteiger partial charge >= 0.3 is 0 Å². The Bertz CT molecular complexity index is 668. The van der Waals surface area contributed by atoms with Crippen LogP contribution in [0.4, 0.5) is 11.8 Å². The van der Waals surface area contributed by atoms with Crippen molar-refractivity contribution in [2.75, 3.05) is 30.8 Å². The zero-order valence-corrected chi connectivity index (χ0v) is 11.5. The van der Waals surface area contributed by atoms with Crippen molar-refractivity contribution in [3.05, 3.63) is 18.5 Å². The summed E-state index contributed by atoms with van der Waals surface area (Å²) in [6.07, 6.45) is 6.57. The van der Waals surface area contributed by atoms with Gasteiger partial charge in [-0.2, -0.15) is 9.97 Å². The molecule has 0 saturated carbocycles. The molecule has 0 bridgehead atoms. The van der Waals surface area contributed by atoms with E-state index in [9.17, 15) is 5.11 Å². The van der Waals surface area contributed by atoms with Crippen molar-refractivity contribution in [1.82, 2.24) is 19.5 Å². The van der Waals surface area contributed by atoms with Crippen molar-refractivity contribution >= 4 is 22.9 Å². The Labute approximate surface area is 121 Å². The van der Waals surface area contributed by atoms with Gasteiger partial charge in [0, 0.05) is 19.1 Å². The summed E-state index contributed by atoms with van der Waals surface area (Å²) in [5.41, 5.74) is 7.03. The highest BCUT2D eigenvalue weighted by Crippen LogP contribution is 2.31. The van der Waals surface area contributed by atoms with Crippen molar-refractivity contribution in [3.63, 3.8) is 0 Å². The highest BCUT2D eigenvalue weighted by molar-refractivity contribution is 5.84. The van der Waals surface area contributed by atoms with Gasteiger partial charge in [-0.3, -0.25) is 0 Å². The predicted octanol–water partition coefficient (Wildman–Crippen LogP) is -0.0778. The molecule has 3 rings (SSSR count). The van der Waals surface area contributed by atoms with Crippen LogP contribution in [0.5, 0.6) is 0 Å². The lowest BCUT2D eigenvalue weighted by Crippen LogP contribution is -2.11. The minimum atomic E-state index is -0.00431. The Balaban J connectivity index is 1.98. The summed E-state index contributed by atoms with van der Waals surface area (Å²) < 4.78 is 1.93. The van der Waals surface area contributed by atoms with Crippen molar-refractivity contribution < 1.29 is 10.2 Å². The SMILES string of the molecule is Nc1nc(NCCO)c2ncn([C@H]3C=C[C@@H](CO)C3)c2n1. The molecule has 1 aliphatic carbocycles. The number of allylic oxidation sites excluding steroid dienone is 1. The molecule has 8 heteroatoms. The van der Waals surface area contributed by atoms with Gasteiger partial charge in [0.1, 0.15) is 0 Å². The molecule has 0 aliphatic heterocycles. The first-order chi connectivity index (χ1) is 10.2. The van der Waals surface area contributed by atoms with Gasteiger partial charge in [0.05, 0.1) is 19.0 Å². The molecule has 2 heterocycles. The van der Waals surface area contributed by atoms with Crippen molar-refractivity contribution in [2.24, 2.45) is 5.92 Å². The lowest BCUT2D eigenvalue weighted by atomic mass is 10.1. The topological polar surface area (TPSA) is 122 Å². The van der Waals surface area contributed by atoms with E-state index in [0.29, 0.717) is 23.5 Å². The van der Waals surface area contributed by atoms with E-state index in [4.69, 9.17) is 10.8 Å². The van der Waals surface area contributed by atoms with Gasteiger partial charge in [0.15, 0.2) is 17.0 Å². The predicted molar refractivity (Wildman–Crippen MR) is 78.7 cm³/mol. The van der Waals surface area contributed by atoms with E-state index in [1.54, 1.807) is 6.33 Å². The number of hydrogen-bond acceptors (Lipinski definition) is 7. The second-order valence-electron chi connectivity index (χ2n) is 5.04. The molecule has 0 unspecified atom stereocenters. The van der Waals surface area contributed by atoms with E-state index in [2.05, 4.69) is 20.3 Å².